The first-order valence-corrected chi connectivity index (χ1v) is 13.4. The van der Waals surface area contributed by atoms with Crippen LogP contribution >= 0.6 is 0 Å². The summed E-state index contributed by atoms with van der Waals surface area (Å²) in [4.78, 5) is 91.8. The Hall–Kier alpha value is -4.14. The predicted octanol–water partition coefficient (Wildman–Crippen LogP) is -1.61. The van der Waals surface area contributed by atoms with E-state index < -0.39 is 76.0 Å². The van der Waals surface area contributed by atoms with E-state index in [2.05, 4.69) is 10.2 Å². The number of hydrogen-bond acceptors (Lipinski definition) is 12. The Morgan fingerprint density at radius 3 is 2.40 bits per heavy atom. The van der Waals surface area contributed by atoms with E-state index in [0.717, 1.165) is 0 Å². The number of hydrogen-bond donors (Lipinski definition) is 4. The average molecular weight is 585 g/mol. The lowest BCUT2D eigenvalue weighted by molar-refractivity contribution is -0.233. The SMILES string of the molecule is CN(C)c1cc(CNC(=O)C2=CCOO2)c(O)c2c1C[C@H]1C[C@H]3[C@H](N(C)C)C(=O)C(C(N)=O)C(=O)[C@@]3(O)C(=O)C1C2=O. The minimum atomic E-state index is -2.81. The Bertz CT molecular complexity index is 1470. The molecule has 4 aliphatic rings. The molecule has 5 rings (SSSR count). The summed E-state index contributed by atoms with van der Waals surface area (Å²) in [5, 5.41) is 25.6. The van der Waals surface area contributed by atoms with Gasteiger partial charge in [0.15, 0.2) is 34.7 Å². The third-order valence-corrected chi connectivity index (χ3v) is 8.75. The molecule has 14 nitrogen and oxygen atoms in total. The summed E-state index contributed by atoms with van der Waals surface area (Å²) in [6, 6.07) is 0.445. The summed E-state index contributed by atoms with van der Waals surface area (Å²) in [6.07, 6.45) is 1.50. The third kappa shape index (κ3) is 4.20. The predicted molar refractivity (Wildman–Crippen MR) is 143 cm³/mol. The number of primary amides is 1. The van der Waals surface area contributed by atoms with Crippen LogP contribution in [-0.4, -0.2) is 96.5 Å². The van der Waals surface area contributed by atoms with Crippen molar-refractivity contribution in [2.24, 2.45) is 29.4 Å². The van der Waals surface area contributed by atoms with Crippen molar-refractivity contribution in [1.29, 1.82) is 0 Å². The molecule has 0 radical (unpaired) electrons. The normalized spacial score (nSPS) is 30.2. The highest BCUT2D eigenvalue weighted by Gasteiger charge is 2.69. The van der Waals surface area contributed by atoms with Gasteiger partial charge < -0.3 is 31.1 Å². The van der Waals surface area contributed by atoms with Crippen molar-refractivity contribution in [1.82, 2.24) is 10.2 Å². The molecule has 2 amide bonds. The minimum Gasteiger partial charge on any atom is -0.507 e. The third-order valence-electron chi connectivity index (χ3n) is 8.75. The van der Waals surface area contributed by atoms with Gasteiger partial charge in [0.1, 0.15) is 12.4 Å². The smallest absolute Gasteiger partial charge is 0.290 e. The van der Waals surface area contributed by atoms with Crippen LogP contribution in [0, 0.1) is 23.7 Å². The highest BCUT2D eigenvalue weighted by atomic mass is 17.2. The molecule has 1 aromatic rings. The quantitative estimate of drug-likeness (QED) is 0.220. The first kappa shape index (κ1) is 29.4. The highest BCUT2D eigenvalue weighted by Crippen LogP contribution is 2.52. The summed E-state index contributed by atoms with van der Waals surface area (Å²) in [5.41, 5.74) is 3.58. The molecule has 0 spiro atoms. The lowest BCUT2D eigenvalue weighted by Gasteiger charge is -2.52. The number of aliphatic hydroxyl groups is 1. The minimum absolute atomic E-state index is 0.0491. The van der Waals surface area contributed by atoms with Crippen LogP contribution in [0.15, 0.2) is 17.9 Å². The number of ketones is 4. The number of nitrogens with zero attached hydrogens (tertiary/aromatic N) is 2. The number of phenols is 1. The van der Waals surface area contributed by atoms with Gasteiger partial charge in [-0.15, -0.1) is 0 Å². The van der Waals surface area contributed by atoms with Crippen LogP contribution < -0.4 is 16.0 Å². The second-order valence-electron chi connectivity index (χ2n) is 11.6. The Morgan fingerprint density at radius 1 is 1.14 bits per heavy atom. The second-order valence-corrected chi connectivity index (χ2v) is 11.6. The molecule has 3 aliphatic carbocycles. The first-order valence-electron chi connectivity index (χ1n) is 13.4. The number of likely N-dealkylation sites (N-methyl/N-ethyl adjacent to an activating group) is 1. The van der Waals surface area contributed by atoms with E-state index in [0.29, 0.717) is 11.3 Å². The number of nitrogens with two attached hydrogens (primary N) is 1. The standard InChI is InChI=1S/C28H32N4O10/c1-31(2)15-9-12(10-30-27(39)16-5-6-41-42-16)21(33)18-13(15)7-11-8-14-20(32(3)4)23(35)19(26(29)38)25(37)28(14,40)24(36)17(11)22(18)34/h5,9,11,14,17,19-20,33,40H,6-8,10H2,1-4H3,(H2,29,38)(H,30,39)/t11-,14-,17?,19?,20-,28-/m0/s1. The Morgan fingerprint density at radius 2 is 1.83 bits per heavy atom. The number of benzene rings is 1. The molecular weight excluding hydrogens is 552 g/mol. The van der Waals surface area contributed by atoms with Gasteiger partial charge in [-0.2, -0.15) is 4.89 Å². The zero-order chi connectivity index (χ0) is 30.8. The monoisotopic (exact) mass is 584 g/mol. The maximum absolute atomic E-state index is 14.1. The number of amides is 2. The molecule has 2 saturated carbocycles. The fourth-order valence-corrected chi connectivity index (χ4v) is 6.87. The maximum Gasteiger partial charge on any atom is 0.290 e. The van der Waals surface area contributed by atoms with E-state index in [4.69, 9.17) is 10.6 Å². The molecule has 0 bridgehead atoms. The molecule has 14 heteroatoms. The van der Waals surface area contributed by atoms with E-state index in [-0.39, 0.29) is 42.9 Å². The van der Waals surface area contributed by atoms with Gasteiger partial charge >= 0.3 is 0 Å². The number of carbonyl (C=O) groups excluding carboxylic acids is 6. The van der Waals surface area contributed by atoms with E-state index in [1.807, 2.05) is 0 Å². The van der Waals surface area contributed by atoms with Crippen LogP contribution in [0.4, 0.5) is 5.69 Å². The highest BCUT2D eigenvalue weighted by molar-refractivity contribution is 6.32. The lowest BCUT2D eigenvalue weighted by atomic mass is 9.52. The Kier molecular flexibility index (Phi) is 7.19. The maximum atomic E-state index is 14.1. The van der Waals surface area contributed by atoms with Crippen LogP contribution in [0.5, 0.6) is 5.75 Å². The van der Waals surface area contributed by atoms with Gasteiger partial charge in [-0.3, -0.25) is 33.7 Å². The summed E-state index contributed by atoms with van der Waals surface area (Å²) >= 11 is 0. The van der Waals surface area contributed by atoms with E-state index >= 15 is 0 Å². The number of fused-ring (bicyclic) bond motifs is 3. The molecule has 5 N–H and O–H groups in total. The van der Waals surface area contributed by atoms with Crippen molar-refractivity contribution in [3.8, 4) is 5.75 Å². The number of rotatable bonds is 6. The zero-order valence-corrected chi connectivity index (χ0v) is 23.5. The van der Waals surface area contributed by atoms with Gasteiger partial charge in [-0.1, -0.05) is 0 Å². The number of carbonyl (C=O) groups is 6. The first-order chi connectivity index (χ1) is 19.7. The number of Topliss-reactive ketones (excluding diaryl/α,β-unsaturated/α-hetero) is 4. The molecule has 1 aliphatic heterocycles. The molecule has 0 saturated heterocycles. The Labute approximate surface area is 240 Å². The number of anilines is 1. The van der Waals surface area contributed by atoms with Crippen LogP contribution in [0.25, 0.3) is 0 Å². The largest absolute Gasteiger partial charge is 0.507 e. The van der Waals surface area contributed by atoms with E-state index in [1.165, 1.54) is 25.1 Å². The van der Waals surface area contributed by atoms with Crippen molar-refractivity contribution in [2.45, 2.75) is 31.0 Å². The molecule has 6 atom stereocenters. The Balaban J connectivity index is 1.57. The van der Waals surface area contributed by atoms with E-state index in [1.54, 1.807) is 25.1 Å². The van der Waals surface area contributed by atoms with Crippen molar-refractivity contribution in [3.05, 3.63) is 34.6 Å². The molecule has 2 fully saturated rings. The topological polar surface area (TPSA) is 206 Å². The summed E-state index contributed by atoms with van der Waals surface area (Å²) < 4.78 is 0. The fraction of sp³-hybridized carbons (Fsp3) is 0.500. The van der Waals surface area contributed by atoms with Gasteiger partial charge in [-0.25, -0.2) is 0 Å². The average Bonchev–Trinajstić information content (AvgIpc) is 3.45. The number of aromatic hydroxyl groups is 1. The fourth-order valence-electron chi connectivity index (χ4n) is 6.87. The van der Waals surface area contributed by atoms with Gasteiger partial charge in [0.25, 0.3) is 5.91 Å². The van der Waals surface area contributed by atoms with Crippen molar-refractivity contribution in [2.75, 3.05) is 39.7 Å². The van der Waals surface area contributed by atoms with Crippen LogP contribution in [0.3, 0.4) is 0 Å². The zero-order valence-electron chi connectivity index (χ0n) is 23.5. The van der Waals surface area contributed by atoms with Gasteiger partial charge in [0.2, 0.25) is 11.7 Å². The molecule has 1 heterocycles. The lowest BCUT2D eigenvalue weighted by Crippen LogP contribution is -2.74. The van der Waals surface area contributed by atoms with Crippen LogP contribution in [-0.2, 0) is 46.7 Å². The molecule has 1 aromatic carbocycles. The van der Waals surface area contributed by atoms with Crippen LogP contribution in [0.1, 0.15) is 27.9 Å². The molecule has 2 unspecified atom stereocenters. The van der Waals surface area contributed by atoms with Crippen LogP contribution in [0.2, 0.25) is 0 Å². The molecule has 224 valence electrons. The summed E-state index contributed by atoms with van der Waals surface area (Å²) in [6.45, 7) is -0.103. The van der Waals surface area contributed by atoms with Gasteiger partial charge in [0.05, 0.1) is 17.5 Å². The van der Waals surface area contributed by atoms with Crippen molar-refractivity contribution < 1.29 is 48.8 Å². The number of nitrogens with one attached hydrogen (secondary N) is 1. The molecular formula is C28H32N4O10. The molecule has 42 heavy (non-hydrogen) atoms. The number of phenolic OH excluding ortho intramolecular Hbond substituents is 1. The van der Waals surface area contributed by atoms with Gasteiger partial charge in [-0.05, 0) is 50.6 Å². The van der Waals surface area contributed by atoms with Gasteiger partial charge in [0, 0.05) is 37.8 Å². The van der Waals surface area contributed by atoms with Crippen molar-refractivity contribution in [3.63, 3.8) is 0 Å². The second kappa shape index (κ2) is 10.3. The summed E-state index contributed by atoms with van der Waals surface area (Å²) in [7, 11) is 6.52. The van der Waals surface area contributed by atoms with Crippen molar-refractivity contribution >= 4 is 40.6 Å². The summed E-state index contributed by atoms with van der Waals surface area (Å²) in [5.74, 6) is -11.9. The van der Waals surface area contributed by atoms with E-state index in [9.17, 15) is 39.0 Å². The molecule has 0 aromatic heterocycles.